The lowest BCUT2D eigenvalue weighted by atomic mass is 10.1. The van der Waals surface area contributed by atoms with Crippen LogP contribution in [0.5, 0.6) is 0 Å². The molecule has 3 N–H and O–H groups in total. The number of imidazole rings is 1. The van der Waals surface area contributed by atoms with Gasteiger partial charge in [-0.1, -0.05) is 36.4 Å². The van der Waals surface area contributed by atoms with Gasteiger partial charge in [0.1, 0.15) is 0 Å². The van der Waals surface area contributed by atoms with E-state index in [4.69, 9.17) is 5.73 Å². The number of nitrogens with zero attached hydrogens (tertiary/aromatic N) is 3. The van der Waals surface area contributed by atoms with Crippen molar-refractivity contribution in [1.29, 1.82) is 0 Å². The van der Waals surface area contributed by atoms with Crippen molar-refractivity contribution in [3.63, 3.8) is 0 Å². The van der Waals surface area contributed by atoms with Gasteiger partial charge in [0.05, 0.1) is 11.0 Å². The smallest absolute Gasteiger partial charge is 0.212 e. The van der Waals surface area contributed by atoms with Crippen LogP contribution in [0.2, 0.25) is 0 Å². The van der Waals surface area contributed by atoms with E-state index in [1.165, 1.54) is 5.56 Å². The fourth-order valence-corrected chi connectivity index (χ4v) is 2.80. The summed E-state index contributed by atoms with van der Waals surface area (Å²) >= 11 is 0. The molecule has 5 heteroatoms. The number of hydrogen-bond donors (Lipinski definition) is 2. The molecule has 0 fully saturated rings. The van der Waals surface area contributed by atoms with Crippen molar-refractivity contribution < 1.29 is 0 Å². The van der Waals surface area contributed by atoms with E-state index < -0.39 is 0 Å². The third-order valence-corrected chi connectivity index (χ3v) is 3.81. The molecular formula is C16H15N5. The molecule has 0 saturated heterocycles. The normalized spacial score (nSPS) is 17.2. The number of aliphatic imine (C=N–C) groups is 1. The van der Waals surface area contributed by atoms with Gasteiger partial charge in [-0.25, -0.2) is 9.98 Å². The average molecular weight is 277 g/mol. The summed E-state index contributed by atoms with van der Waals surface area (Å²) in [7, 11) is 0. The second kappa shape index (κ2) is 4.34. The fraction of sp³-hybridized carbons (Fsp3) is 0.125. The Balaban J connectivity index is 2.00. The second-order valence-electron chi connectivity index (χ2n) is 5.16. The highest BCUT2D eigenvalue weighted by Crippen LogP contribution is 2.33. The minimum atomic E-state index is -0.185. The number of aryl methyl sites for hydroxylation is 1. The SMILES string of the molecule is Cc1ccccc1[C@@H]1N=C(N)Nc2nc3ccccc3n21. The molecule has 2 heterocycles. The number of hydrogen-bond acceptors (Lipinski definition) is 4. The van der Waals surface area contributed by atoms with Crippen LogP contribution in [0, 0.1) is 6.92 Å². The molecule has 0 saturated carbocycles. The molecule has 104 valence electrons. The van der Waals surface area contributed by atoms with Gasteiger partial charge in [0.25, 0.3) is 0 Å². The molecule has 2 aromatic carbocycles. The van der Waals surface area contributed by atoms with Crippen LogP contribution in [0.15, 0.2) is 53.5 Å². The molecule has 4 rings (SSSR count). The number of nitrogens with two attached hydrogens (primary N) is 1. The molecule has 0 aliphatic carbocycles. The maximum atomic E-state index is 5.93. The quantitative estimate of drug-likeness (QED) is 0.718. The van der Waals surface area contributed by atoms with Crippen LogP contribution in [0.3, 0.4) is 0 Å². The Labute approximate surface area is 122 Å². The number of para-hydroxylation sites is 2. The maximum Gasteiger partial charge on any atom is 0.212 e. The van der Waals surface area contributed by atoms with Crippen LogP contribution in [-0.4, -0.2) is 15.5 Å². The van der Waals surface area contributed by atoms with Gasteiger partial charge in [-0.2, -0.15) is 0 Å². The average Bonchev–Trinajstić information content (AvgIpc) is 2.85. The number of guanidine groups is 1. The number of nitrogens with one attached hydrogen (secondary N) is 1. The van der Waals surface area contributed by atoms with Gasteiger partial charge in [0, 0.05) is 0 Å². The highest BCUT2D eigenvalue weighted by atomic mass is 15.4. The van der Waals surface area contributed by atoms with E-state index in [1.807, 2.05) is 30.3 Å². The number of fused-ring (bicyclic) bond motifs is 3. The van der Waals surface area contributed by atoms with Crippen molar-refractivity contribution >= 4 is 22.9 Å². The first-order valence-corrected chi connectivity index (χ1v) is 6.87. The molecular weight excluding hydrogens is 262 g/mol. The molecule has 0 unspecified atom stereocenters. The first-order valence-electron chi connectivity index (χ1n) is 6.87. The zero-order valence-electron chi connectivity index (χ0n) is 11.6. The molecule has 0 amide bonds. The van der Waals surface area contributed by atoms with Gasteiger partial charge in [0.15, 0.2) is 12.1 Å². The lowest BCUT2D eigenvalue weighted by Gasteiger charge is -2.24. The summed E-state index contributed by atoms with van der Waals surface area (Å²) < 4.78 is 2.09. The zero-order valence-corrected chi connectivity index (χ0v) is 11.6. The Kier molecular flexibility index (Phi) is 2.47. The van der Waals surface area contributed by atoms with Crippen molar-refractivity contribution in [2.75, 3.05) is 5.32 Å². The van der Waals surface area contributed by atoms with E-state index in [-0.39, 0.29) is 6.17 Å². The van der Waals surface area contributed by atoms with E-state index in [1.54, 1.807) is 0 Å². The Hall–Kier alpha value is -2.82. The lowest BCUT2D eigenvalue weighted by molar-refractivity contribution is 0.622. The number of rotatable bonds is 1. The number of benzene rings is 2. The van der Waals surface area contributed by atoms with Gasteiger partial charge in [-0.05, 0) is 30.2 Å². The molecule has 3 aromatic rings. The van der Waals surface area contributed by atoms with Crippen LogP contribution in [-0.2, 0) is 0 Å². The fourth-order valence-electron chi connectivity index (χ4n) is 2.80. The minimum Gasteiger partial charge on any atom is -0.370 e. The van der Waals surface area contributed by atoms with Gasteiger partial charge < -0.3 is 5.73 Å². The molecule has 1 aromatic heterocycles. The lowest BCUT2D eigenvalue weighted by Crippen LogP contribution is -2.31. The second-order valence-corrected chi connectivity index (χ2v) is 5.16. The maximum absolute atomic E-state index is 5.93. The topological polar surface area (TPSA) is 68.2 Å². The zero-order chi connectivity index (χ0) is 14.4. The molecule has 1 aliphatic rings. The summed E-state index contributed by atoms with van der Waals surface area (Å²) in [5.41, 5.74) is 10.2. The largest absolute Gasteiger partial charge is 0.370 e. The molecule has 1 aliphatic heterocycles. The van der Waals surface area contributed by atoms with Crippen molar-refractivity contribution in [3.8, 4) is 0 Å². The van der Waals surface area contributed by atoms with Crippen LogP contribution in [0.4, 0.5) is 5.95 Å². The van der Waals surface area contributed by atoms with Gasteiger partial charge >= 0.3 is 0 Å². The highest BCUT2D eigenvalue weighted by molar-refractivity contribution is 5.94. The molecule has 0 radical (unpaired) electrons. The Morgan fingerprint density at radius 1 is 1.10 bits per heavy atom. The van der Waals surface area contributed by atoms with Crippen LogP contribution >= 0.6 is 0 Å². The first kappa shape index (κ1) is 12.0. The van der Waals surface area contributed by atoms with Crippen LogP contribution in [0.1, 0.15) is 17.3 Å². The summed E-state index contributed by atoms with van der Waals surface area (Å²) in [6, 6.07) is 16.3. The first-order chi connectivity index (χ1) is 10.2. The summed E-state index contributed by atoms with van der Waals surface area (Å²) in [5.74, 6) is 1.13. The third-order valence-electron chi connectivity index (χ3n) is 3.81. The third kappa shape index (κ3) is 1.78. The predicted molar refractivity (Wildman–Crippen MR) is 84.3 cm³/mol. The monoisotopic (exact) mass is 277 g/mol. The van der Waals surface area contributed by atoms with E-state index in [0.717, 1.165) is 22.5 Å². The Bertz CT molecular complexity index is 862. The summed E-state index contributed by atoms with van der Waals surface area (Å²) in [6.45, 7) is 2.09. The van der Waals surface area contributed by atoms with Gasteiger partial charge in [-0.15, -0.1) is 0 Å². The van der Waals surface area contributed by atoms with Gasteiger partial charge in [0.2, 0.25) is 5.95 Å². The van der Waals surface area contributed by atoms with E-state index in [9.17, 15) is 0 Å². The van der Waals surface area contributed by atoms with Gasteiger partial charge in [-0.3, -0.25) is 9.88 Å². The van der Waals surface area contributed by atoms with Crippen LogP contribution in [0.25, 0.3) is 11.0 Å². The summed E-state index contributed by atoms with van der Waals surface area (Å²) in [4.78, 5) is 9.18. The summed E-state index contributed by atoms with van der Waals surface area (Å²) in [6.07, 6.45) is -0.185. The Morgan fingerprint density at radius 2 is 1.86 bits per heavy atom. The van der Waals surface area contributed by atoms with E-state index >= 15 is 0 Å². The summed E-state index contributed by atoms with van der Waals surface area (Å²) in [5, 5.41) is 3.05. The molecule has 21 heavy (non-hydrogen) atoms. The van der Waals surface area contributed by atoms with Crippen molar-refractivity contribution in [2.24, 2.45) is 10.7 Å². The highest BCUT2D eigenvalue weighted by Gasteiger charge is 2.25. The van der Waals surface area contributed by atoms with E-state index in [0.29, 0.717) is 5.96 Å². The molecule has 5 nitrogen and oxygen atoms in total. The molecule has 0 bridgehead atoms. The van der Waals surface area contributed by atoms with Crippen molar-refractivity contribution in [1.82, 2.24) is 9.55 Å². The number of anilines is 1. The molecule has 1 atom stereocenters. The van der Waals surface area contributed by atoms with Crippen molar-refractivity contribution in [3.05, 3.63) is 59.7 Å². The van der Waals surface area contributed by atoms with Crippen molar-refractivity contribution in [2.45, 2.75) is 13.1 Å². The predicted octanol–water partition coefficient (Wildman–Crippen LogP) is 2.63. The number of aromatic nitrogens is 2. The van der Waals surface area contributed by atoms with E-state index in [2.05, 4.69) is 45.0 Å². The molecule has 0 spiro atoms. The van der Waals surface area contributed by atoms with Crippen LogP contribution < -0.4 is 11.1 Å². The Morgan fingerprint density at radius 3 is 2.71 bits per heavy atom. The standard InChI is InChI=1S/C16H15N5/c1-10-6-2-3-7-11(10)14-19-15(17)20-16-18-12-8-4-5-9-13(12)21(14)16/h2-9,14H,1H3,(H3,17,18,19,20)/t14-/m1/s1. The minimum absolute atomic E-state index is 0.185.